The van der Waals surface area contributed by atoms with Crippen LogP contribution in [-0.2, 0) is 4.74 Å². The fourth-order valence-corrected chi connectivity index (χ4v) is 2.96. The highest BCUT2D eigenvalue weighted by Crippen LogP contribution is 2.28. The molecule has 2 rings (SSSR count). The molecule has 0 aromatic rings. The van der Waals surface area contributed by atoms with Crippen LogP contribution in [0, 0.1) is 5.92 Å². The van der Waals surface area contributed by atoms with Crippen LogP contribution in [0.2, 0.25) is 0 Å². The van der Waals surface area contributed by atoms with Crippen LogP contribution >= 0.6 is 0 Å². The van der Waals surface area contributed by atoms with Gasteiger partial charge in [0.25, 0.3) is 0 Å². The molecule has 2 fully saturated rings. The lowest BCUT2D eigenvalue weighted by Crippen LogP contribution is -2.59. The van der Waals surface area contributed by atoms with Gasteiger partial charge in [-0.05, 0) is 38.0 Å². The van der Waals surface area contributed by atoms with E-state index in [0.717, 1.165) is 25.6 Å². The number of rotatable bonds is 3. The zero-order valence-corrected chi connectivity index (χ0v) is 9.80. The molecule has 1 aliphatic carbocycles. The summed E-state index contributed by atoms with van der Waals surface area (Å²) in [4.78, 5) is 0. The van der Waals surface area contributed by atoms with Gasteiger partial charge in [-0.2, -0.15) is 0 Å². The number of ether oxygens (including phenoxy) is 1. The van der Waals surface area contributed by atoms with Gasteiger partial charge in [0.15, 0.2) is 0 Å². The topological polar surface area (TPSA) is 47.3 Å². The van der Waals surface area contributed by atoms with Crippen molar-refractivity contribution in [3.05, 3.63) is 0 Å². The summed E-state index contributed by atoms with van der Waals surface area (Å²) in [6.07, 6.45) is 6.30. The Bertz CT molecular complexity index is 202. The van der Waals surface area contributed by atoms with Gasteiger partial charge in [-0.15, -0.1) is 0 Å². The fourth-order valence-electron chi connectivity index (χ4n) is 2.96. The average molecular weight is 212 g/mol. The maximum Gasteiger partial charge on any atom is 0.0660 e. The minimum atomic E-state index is 0.0764. The van der Waals surface area contributed by atoms with E-state index in [1.807, 2.05) is 0 Å². The Balaban J connectivity index is 1.89. The predicted molar refractivity (Wildman–Crippen MR) is 61.8 cm³/mol. The molecule has 1 saturated heterocycles. The van der Waals surface area contributed by atoms with Crippen molar-refractivity contribution in [2.75, 3.05) is 19.8 Å². The molecule has 0 amide bonds. The Morgan fingerprint density at radius 2 is 2.33 bits per heavy atom. The Hall–Kier alpha value is -0.120. The number of nitrogens with two attached hydrogens (primary N) is 1. The molecule has 0 aromatic heterocycles. The lowest BCUT2D eigenvalue weighted by molar-refractivity contribution is 0.0187. The van der Waals surface area contributed by atoms with Crippen LogP contribution in [0.1, 0.15) is 39.0 Å². The lowest BCUT2D eigenvalue weighted by Gasteiger charge is -2.39. The molecule has 3 atom stereocenters. The molecule has 3 nitrogen and oxygen atoms in total. The van der Waals surface area contributed by atoms with Crippen LogP contribution in [0.25, 0.3) is 0 Å². The Morgan fingerprint density at radius 3 is 2.87 bits per heavy atom. The first-order chi connectivity index (χ1) is 7.24. The van der Waals surface area contributed by atoms with Crippen molar-refractivity contribution in [1.82, 2.24) is 5.32 Å². The Kier molecular flexibility index (Phi) is 3.65. The molecule has 15 heavy (non-hydrogen) atoms. The third kappa shape index (κ3) is 2.71. The van der Waals surface area contributed by atoms with Crippen molar-refractivity contribution in [3.63, 3.8) is 0 Å². The van der Waals surface area contributed by atoms with Crippen molar-refractivity contribution in [3.8, 4) is 0 Å². The minimum absolute atomic E-state index is 0.0764. The van der Waals surface area contributed by atoms with Crippen molar-refractivity contribution < 1.29 is 4.74 Å². The molecule has 0 bridgehead atoms. The normalized spacial score (nSPS) is 42.0. The van der Waals surface area contributed by atoms with Gasteiger partial charge in [0.05, 0.1) is 12.1 Å². The summed E-state index contributed by atoms with van der Waals surface area (Å²) in [6, 6.07) is 0.672. The van der Waals surface area contributed by atoms with Gasteiger partial charge in [0.1, 0.15) is 0 Å². The molecule has 1 saturated carbocycles. The maximum atomic E-state index is 5.91. The van der Waals surface area contributed by atoms with Crippen molar-refractivity contribution in [2.24, 2.45) is 11.7 Å². The minimum Gasteiger partial charge on any atom is -0.379 e. The standard InChI is InChI=1S/C12H24N2O/c1-10-3-4-11(7-10)14-12(8-13)5-2-6-15-9-12/h10-11,14H,2-9,13H2,1H3. The highest BCUT2D eigenvalue weighted by atomic mass is 16.5. The number of hydrogen-bond donors (Lipinski definition) is 2. The lowest BCUT2D eigenvalue weighted by atomic mass is 9.91. The molecule has 2 aliphatic rings. The number of hydrogen-bond acceptors (Lipinski definition) is 3. The summed E-state index contributed by atoms with van der Waals surface area (Å²) >= 11 is 0. The monoisotopic (exact) mass is 212 g/mol. The van der Waals surface area contributed by atoms with Crippen LogP contribution in [0.5, 0.6) is 0 Å². The van der Waals surface area contributed by atoms with Gasteiger partial charge in [-0.1, -0.05) is 6.92 Å². The second-order valence-electron chi connectivity index (χ2n) is 5.40. The molecule has 88 valence electrons. The zero-order valence-electron chi connectivity index (χ0n) is 9.80. The van der Waals surface area contributed by atoms with E-state index >= 15 is 0 Å². The van der Waals surface area contributed by atoms with Crippen molar-refractivity contribution >= 4 is 0 Å². The van der Waals surface area contributed by atoms with Crippen LogP contribution < -0.4 is 11.1 Å². The van der Waals surface area contributed by atoms with E-state index in [0.29, 0.717) is 12.6 Å². The maximum absolute atomic E-state index is 5.91. The van der Waals surface area contributed by atoms with Gasteiger partial charge < -0.3 is 15.8 Å². The molecule has 1 aliphatic heterocycles. The molecule has 1 heterocycles. The Labute approximate surface area is 92.7 Å². The van der Waals surface area contributed by atoms with E-state index < -0.39 is 0 Å². The van der Waals surface area contributed by atoms with Gasteiger partial charge in [0, 0.05) is 19.2 Å². The van der Waals surface area contributed by atoms with Crippen molar-refractivity contribution in [1.29, 1.82) is 0 Å². The molecule has 0 spiro atoms. The third-order valence-electron chi connectivity index (χ3n) is 3.92. The first-order valence-corrected chi connectivity index (χ1v) is 6.30. The second-order valence-corrected chi connectivity index (χ2v) is 5.40. The van der Waals surface area contributed by atoms with Crippen LogP contribution in [0.3, 0.4) is 0 Å². The highest BCUT2D eigenvalue weighted by Gasteiger charge is 2.35. The van der Waals surface area contributed by atoms with Crippen LogP contribution in [-0.4, -0.2) is 31.3 Å². The molecule has 0 radical (unpaired) electrons. The largest absolute Gasteiger partial charge is 0.379 e. The van der Waals surface area contributed by atoms with Crippen LogP contribution in [0.4, 0.5) is 0 Å². The first kappa shape index (κ1) is 11.4. The summed E-state index contributed by atoms with van der Waals surface area (Å²) < 4.78 is 5.57. The van der Waals surface area contributed by atoms with E-state index in [2.05, 4.69) is 12.2 Å². The third-order valence-corrected chi connectivity index (χ3v) is 3.92. The average Bonchev–Trinajstić information content (AvgIpc) is 2.65. The predicted octanol–water partition coefficient (Wildman–Crippen LogP) is 1.27. The van der Waals surface area contributed by atoms with Gasteiger partial charge in [0.2, 0.25) is 0 Å². The fraction of sp³-hybridized carbons (Fsp3) is 1.00. The molecule has 3 N–H and O–H groups in total. The Morgan fingerprint density at radius 1 is 1.47 bits per heavy atom. The summed E-state index contributed by atoms with van der Waals surface area (Å²) in [7, 11) is 0. The summed E-state index contributed by atoms with van der Waals surface area (Å²) in [5, 5.41) is 3.76. The van der Waals surface area contributed by atoms with Gasteiger partial charge >= 0.3 is 0 Å². The highest BCUT2D eigenvalue weighted by molar-refractivity contribution is 4.95. The molecule has 3 unspecified atom stereocenters. The number of nitrogens with one attached hydrogen (secondary N) is 1. The SMILES string of the molecule is CC1CCC(NC2(CN)CCCOC2)C1. The molecular weight excluding hydrogens is 188 g/mol. The van der Waals surface area contributed by atoms with Gasteiger partial charge in [-0.3, -0.25) is 0 Å². The van der Waals surface area contributed by atoms with E-state index in [9.17, 15) is 0 Å². The van der Waals surface area contributed by atoms with E-state index in [4.69, 9.17) is 10.5 Å². The smallest absolute Gasteiger partial charge is 0.0660 e. The van der Waals surface area contributed by atoms with Gasteiger partial charge in [-0.25, -0.2) is 0 Å². The molecule has 3 heteroatoms. The molecule has 0 aromatic carbocycles. The van der Waals surface area contributed by atoms with E-state index in [-0.39, 0.29) is 5.54 Å². The quantitative estimate of drug-likeness (QED) is 0.740. The summed E-state index contributed by atoms with van der Waals surface area (Å²) in [5.74, 6) is 0.877. The molecular formula is C12H24N2O. The summed E-state index contributed by atoms with van der Waals surface area (Å²) in [6.45, 7) is 4.75. The van der Waals surface area contributed by atoms with E-state index in [1.54, 1.807) is 0 Å². The van der Waals surface area contributed by atoms with E-state index in [1.165, 1.54) is 25.7 Å². The van der Waals surface area contributed by atoms with Crippen LogP contribution in [0.15, 0.2) is 0 Å². The summed E-state index contributed by atoms with van der Waals surface area (Å²) in [5.41, 5.74) is 5.98. The van der Waals surface area contributed by atoms with Crippen molar-refractivity contribution in [2.45, 2.75) is 50.6 Å². The first-order valence-electron chi connectivity index (χ1n) is 6.30. The second kappa shape index (κ2) is 4.81. The zero-order chi connectivity index (χ0) is 10.7.